The zero-order valence-electron chi connectivity index (χ0n) is 15.0. The molecule has 1 atom stereocenters. The second-order valence-corrected chi connectivity index (χ2v) is 8.56. The first-order chi connectivity index (χ1) is 13.2. The second kappa shape index (κ2) is 8.11. The maximum Gasteiger partial charge on any atom is 0.230 e. The molecule has 0 aliphatic carbocycles. The number of benzene rings is 3. The molecule has 3 nitrogen and oxygen atoms in total. The van der Waals surface area contributed by atoms with Gasteiger partial charge in [-0.05, 0) is 41.5 Å². The Morgan fingerprint density at radius 3 is 2.70 bits per heavy atom. The summed E-state index contributed by atoms with van der Waals surface area (Å²) in [5.41, 5.74) is 2.16. The molecule has 3 aromatic carbocycles. The van der Waals surface area contributed by atoms with Crippen LogP contribution in [-0.4, -0.2) is 16.6 Å². The summed E-state index contributed by atoms with van der Waals surface area (Å²) >= 11 is 3.30. The SMILES string of the molecule is C[C@H](NC(=O)CSCc1nc2ccccc2s1)c1ccc2ccccc2c1. The van der Waals surface area contributed by atoms with Crippen LogP contribution in [0.2, 0.25) is 0 Å². The molecule has 0 bridgehead atoms. The molecule has 1 amide bonds. The molecular weight excluding hydrogens is 372 g/mol. The number of hydrogen-bond donors (Lipinski definition) is 1. The number of hydrogen-bond acceptors (Lipinski definition) is 4. The van der Waals surface area contributed by atoms with Gasteiger partial charge in [-0.25, -0.2) is 4.98 Å². The van der Waals surface area contributed by atoms with Gasteiger partial charge in [-0.1, -0.05) is 48.5 Å². The van der Waals surface area contributed by atoms with Crippen molar-refractivity contribution in [3.8, 4) is 0 Å². The number of fused-ring (bicyclic) bond motifs is 2. The van der Waals surface area contributed by atoms with Crippen molar-refractivity contribution in [3.63, 3.8) is 0 Å². The normalized spacial score (nSPS) is 12.3. The molecule has 1 heterocycles. The molecule has 0 aliphatic rings. The molecular formula is C22H20N2OS2. The second-order valence-electron chi connectivity index (χ2n) is 6.46. The van der Waals surface area contributed by atoms with Gasteiger partial charge < -0.3 is 5.32 Å². The van der Waals surface area contributed by atoms with E-state index < -0.39 is 0 Å². The first kappa shape index (κ1) is 18.0. The van der Waals surface area contributed by atoms with E-state index in [1.54, 1.807) is 23.1 Å². The van der Waals surface area contributed by atoms with E-state index in [0.717, 1.165) is 21.8 Å². The third-order valence-corrected chi connectivity index (χ3v) is 6.61. The lowest BCUT2D eigenvalue weighted by atomic mass is 10.0. The summed E-state index contributed by atoms with van der Waals surface area (Å²) in [6.07, 6.45) is 0. The third-order valence-electron chi connectivity index (χ3n) is 4.45. The highest BCUT2D eigenvalue weighted by molar-refractivity contribution is 7.99. The van der Waals surface area contributed by atoms with Gasteiger partial charge in [0.25, 0.3) is 0 Å². The zero-order chi connectivity index (χ0) is 18.6. The number of para-hydroxylation sites is 1. The van der Waals surface area contributed by atoms with Crippen molar-refractivity contribution in [1.82, 2.24) is 10.3 Å². The molecule has 1 N–H and O–H groups in total. The molecule has 0 saturated heterocycles. The highest BCUT2D eigenvalue weighted by Gasteiger charge is 2.11. The summed E-state index contributed by atoms with van der Waals surface area (Å²) < 4.78 is 1.20. The highest BCUT2D eigenvalue weighted by atomic mass is 32.2. The third kappa shape index (κ3) is 4.31. The van der Waals surface area contributed by atoms with Gasteiger partial charge in [0.15, 0.2) is 0 Å². The Morgan fingerprint density at radius 2 is 1.85 bits per heavy atom. The summed E-state index contributed by atoms with van der Waals surface area (Å²) in [4.78, 5) is 16.9. The molecule has 4 rings (SSSR count). The number of rotatable bonds is 6. The van der Waals surface area contributed by atoms with Crippen LogP contribution in [0.5, 0.6) is 0 Å². The molecule has 0 radical (unpaired) electrons. The van der Waals surface area contributed by atoms with Crippen molar-refractivity contribution in [2.24, 2.45) is 0 Å². The van der Waals surface area contributed by atoms with Crippen molar-refractivity contribution < 1.29 is 4.79 Å². The van der Waals surface area contributed by atoms with Gasteiger partial charge in [0.2, 0.25) is 5.91 Å². The van der Waals surface area contributed by atoms with Gasteiger partial charge in [-0.2, -0.15) is 0 Å². The predicted molar refractivity (Wildman–Crippen MR) is 116 cm³/mol. The lowest BCUT2D eigenvalue weighted by Gasteiger charge is -2.15. The van der Waals surface area contributed by atoms with Crippen molar-refractivity contribution in [2.75, 3.05) is 5.75 Å². The number of amides is 1. The Labute approximate surface area is 166 Å². The molecule has 0 fully saturated rings. The van der Waals surface area contributed by atoms with E-state index in [9.17, 15) is 4.79 Å². The average Bonchev–Trinajstić information content (AvgIpc) is 3.10. The summed E-state index contributed by atoms with van der Waals surface area (Å²) in [6.45, 7) is 2.03. The summed E-state index contributed by atoms with van der Waals surface area (Å²) in [5.74, 6) is 1.26. The summed E-state index contributed by atoms with van der Waals surface area (Å²) in [7, 11) is 0. The summed E-state index contributed by atoms with van der Waals surface area (Å²) in [6, 6.07) is 22.7. The van der Waals surface area contributed by atoms with Crippen LogP contribution in [0.3, 0.4) is 0 Å². The summed E-state index contributed by atoms with van der Waals surface area (Å²) in [5, 5.41) is 6.57. The van der Waals surface area contributed by atoms with Crippen LogP contribution in [0, 0.1) is 0 Å². The smallest absolute Gasteiger partial charge is 0.230 e. The van der Waals surface area contributed by atoms with Gasteiger partial charge >= 0.3 is 0 Å². The maximum atomic E-state index is 12.3. The molecule has 136 valence electrons. The first-order valence-corrected chi connectivity index (χ1v) is 10.9. The monoisotopic (exact) mass is 392 g/mol. The largest absolute Gasteiger partial charge is 0.349 e. The molecule has 5 heteroatoms. The minimum absolute atomic E-state index is 0.00911. The van der Waals surface area contributed by atoms with E-state index in [2.05, 4.69) is 46.7 Å². The van der Waals surface area contributed by atoms with E-state index in [-0.39, 0.29) is 11.9 Å². The van der Waals surface area contributed by atoms with Gasteiger partial charge in [0, 0.05) is 5.75 Å². The molecule has 0 unspecified atom stereocenters. The Bertz CT molecular complexity index is 1060. The van der Waals surface area contributed by atoms with Gasteiger partial charge in [-0.3, -0.25) is 4.79 Å². The Kier molecular flexibility index (Phi) is 5.41. The van der Waals surface area contributed by atoms with E-state index in [1.165, 1.54) is 15.5 Å². The minimum atomic E-state index is -0.00911. The molecule has 27 heavy (non-hydrogen) atoms. The number of carbonyl (C=O) groups excluding carboxylic acids is 1. The van der Waals surface area contributed by atoms with Crippen molar-refractivity contribution in [3.05, 3.63) is 77.3 Å². The molecule has 0 aliphatic heterocycles. The van der Waals surface area contributed by atoms with Gasteiger partial charge in [0.05, 0.1) is 22.0 Å². The number of carbonyl (C=O) groups is 1. The maximum absolute atomic E-state index is 12.3. The van der Waals surface area contributed by atoms with E-state index >= 15 is 0 Å². The fourth-order valence-corrected chi connectivity index (χ4v) is 4.91. The standard InChI is InChI=1S/C22H20N2OS2/c1-15(17-11-10-16-6-2-3-7-18(16)12-17)23-21(25)13-26-14-22-24-19-8-4-5-9-20(19)27-22/h2-12,15H,13-14H2,1H3,(H,23,25)/t15-/m0/s1. The molecule has 1 aromatic heterocycles. The highest BCUT2D eigenvalue weighted by Crippen LogP contribution is 2.25. The number of nitrogens with one attached hydrogen (secondary N) is 1. The molecule has 0 spiro atoms. The Hall–Kier alpha value is -2.37. The molecule has 0 saturated carbocycles. The fourth-order valence-electron chi connectivity index (χ4n) is 3.06. The quantitative estimate of drug-likeness (QED) is 0.467. The predicted octanol–water partition coefficient (Wildman–Crippen LogP) is 5.56. The number of aromatic nitrogens is 1. The van der Waals surface area contributed by atoms with Crippen molar-refractivity contribution in [2.45, 2.75) is 18.7 Å². The van der Waals surface area contributed by atoms with Crippen LogP contribution in [0.25, 0.3) is 21.0 Å². The van der Waals surface area contributed by atoms with Gasteiger partial charge in [-0.15, -0.1) is 23.1 Å². The van der Waals surface area contributed by atoms with Crippen LogP contribution < -0.4 is 5.32 Å². The zero-order valence-corrected chi connectivity index (χ0v) is 16.6. The van der Waals surface area contributed by atoms with Gasteiger partial charge in [0.1, 0.15) is 5.01 Å². The average molecular weight is 393 g/mol. The van der Waals surface area contributed by atoms with Crippen LogP contribution >= 0.6 is 23.1 Å². The van der Waals surface area contributed by atoms with Crippen LogP contribution in [0.1, 0.15) is 23.5 Å². The van der Waals surface area contributed by atoms with Crippen molar-refractivity contribution in [1.29, 1.82) is 0 Å². The van der Waals surface area contributed by atoms with E-state index in [1.807, 2.05) is 37.3 Å². The molecule has 4 aromatic rings. The Balaban J connectivity index is 1.31. The Morgan fingerprint density at radius 1 is 1.07 bits per heavy atom. The van der Waals surface area contributed by atoms with Crippen LogP contribution in [-0.2, 0) is 10.5 Å². The van der Waals surface area contributed by atoms with Crippen molar-refractivity contribution >= 4 is 50.0 Å². The lowest BCUT2D eigenvalue weighted by molar-refractivity contribution is -0.119. The lowest BCUT2D eigenvalue weighted by Crippen LogP contribution is -2.28. The number of thioether (sulfide) groups is 1. The fraction of sp³-hybridized carbons (Fsp3) is 0.182. The first-order valence-electron chi connectivity index (χ1n) is 8.89. The number of nitrogens with zero attached hydrogens (tertiary/aromatic N) is 1. The van der Waals surface area contributed by atoms with E-state index in [0.29, 0.717) is 5.75 Å². The number of thiazole rings is 1. The van der Waals surface area contributed by atoms with Crippen LogP contribution in [0.4, 0.5) is 0 Å². The van der Waals surface area contributed by atoms with Crippen LogP contribution in [0.15, 0.2) is 66.7 Å². The van der Waals surface area contributed by atoms with E-state index in [4.69, 9.17) is 0 Å². The topological polar surface area (TPSA) is 42.0 Å². The minimum Gasteiger partial charge on any atom is -0.349 e.